The molecule has 0 amide bonds. The first-order valence-corrected chi connectivity index (χ1v) is 5.23. The van der Waals surface area contributed by atoms with Gasteiger partial charge in [-0.15, -0.1) is 0 Å². The first kappa shape index (κ1) is 11.9. The number of unbranched alkanes of at least 4 members (excludes halogenated alkanes) is 2. The molecule has 12 heavy (non-hydrogen) atoms. The van der Waals surface area contributed by atoms with E-state index < -0.39 is 0 Å². The molecule has 0 rings (SSSR count). The zero-order chi connectivity index (χ0) is 9.40. The Labute approximate surface area is 76.7 Å². The van der Waals surface area contributed by atoms with Gasteiger partial charge in [-0.3, -0.25) is 0 Å². The Balaban J connectivity index is 3.35. The lowest BCUT2D eigenvalue weighted by Crippen LogP contribution is -2.41. The van der Waals surface area contributed by atoms with Crippen LogP contribution in [0.4, 0.5) is 0 Å². The van der Waals surface area contributed by atoms with E-state index in [1.165, 1.54) is 19.3 Å². The second-order valence-electron chi connectivity index (χ2n) is 3.61. The molecule has 2 unspecified atom stereocenters. The average Bonchev–Trinajstić information content (AvgIpc) is 2.05. The van der Waals surface area contributed by atoms with Gasteiger partial charge in [-0.05, 0) is 12.8 Å². The topological polar surface area (TPSA) is 52.0 Å². The molecule has 2 nitrogen and oxygen atoms in total. The monoisotopic (exact) mass is 172 g/mol. The standard InChI is InChI=1S/C10H24N2/c1-3-5-6-8-10(12)9(11)7-4-2/h9-10H,3-8,11-12H2,1-2H3. The molecule has 2 heteroatoms. The molecular formula is C10H24N2. The van der Waals surface area contributed by atoms with Crippen LogP contribution in [0.1, 0.15) is 52.4 Å². The summed E-state index contributed by atoms with van der Waals surface area (Å²) in [5.74, 6) is 0. The summed E-state index contributed by atoms with van der Waals surface area (Å²) in [7, 11) is 0. The molecule has 0 aliphatic carbocycles. The molecule has 0 saturated heterocycles. The molecule has 0 aromatic heterocycles. The maximum Gasteiger partial charge on any atom is 0.0192 e. The van der Waals surface area contributed by atoms with Gasteiger partial charge in [-0.1, -0.05) is 39.5 Å². The van der Waals surface area contributed by atoms with Crippen molar-refractivity contribution >= 4 is 0 Å². The summed E-state index contributed by atoms with van der Waals surface area (Å²) in [6.45, 7) is 4.36. The molecule has 0 aliphatic heterocycles. The molecule has 0 fully saturated rings. The van der Waals surface area contributed by atoms with Gasteiger partial charge in [-0.25, -0.2) is 0 Å². The fraction of sp³-hybridized carbons (Fsp3) is 1.00. The SMILES string of the molecule is CCCCCC(N)C(N)CCC. The molecule has 0 aliphatic rings. The van der Waals surface area contributed by atoms with Crippen LogP contribution >= 0.6 is 0 Å². The van der Waals surface area contributed by atoms with Crippen molar-refractivity contribution in [2.45, 2.75) is 64.5 Å². The molecule has 0 aromatic carbocycles. The first-order chi connectivity index (χ1) is 5.72. The number of hydrogen-bond acceptors (Lipinski definition) is 2. The molecule has 74 valence electrons. The Morgan fingerprint density at radius 1 is 0.833 bits per heavy atom. The highest BCUT2D eigenvalue weighted by Gasteiger charge is 2.10. The maximum absolute atomic E-state index is 5.92. The fourth-order valence-electron chi connectivity index (χ4n) is 1.39. The average molecular weight is 172 g/mol. The summed E-state index contributed by atoms with van der Waals surface area (Å²) in [4.78, 5) is 0. The Hall–Kier alpha value is -0.0800. The Bertz CT molecular complexity index is 93.8. The summed E-state index contributed by atoms with van der Waals surface area (Å²) in [6.07, 6.45) is 7.07. The molecule has 2 atom stereocenters. The molecule has 0 aromatic rings. The normalized spacial score (nSPS) is 16.0. The van der Waals surface area contributed by atoms with E-state index in [-0.39, 0.29) is 12.1 Å². The van der Waals surface area contributed by atoms with Crippen molar-refractivity contribution in [3.8, 4) is 0 Å². The second kappa shape index (κ2) is 7.56. The van der Waals surface area contributed by atoms with Crippen molar-refractivity contribution in [3.63, 3.8) is 0 Å². The van der Waals surface area contributed by atoms with Crippen LogP contribution in [-0.4, -0.2) is 12.1 Å². The third-order valence-electron chi connectivity index (χ3n) is 2.31. The summed E-state index contributed by atoms with van der Waals surface area (Å²) in [6, 6.07) is 0.434. The summed E-state index contributed by atoms with van der Waals surface area (Å²) >= 11 is 0. The van der Waals surface area contributed by atoms with Gasteiger partial charge in [0.05, 0.1) is 0 Å². The van der Waals surface area contributed by atoms with Gasteiger partial charge < -0.3 is 11.5 Å². The highest BCUT2D eigenvalue weighted by atomic mass is 14.8. The van der Waals surface area contributed by atoms with Crippen molar-refractivity contribution in [2.24, 2.45) is 11.5 Å². The Morgan fingerprint density at radius 2 is 1.42 bits per heavy atom. The van der Waals surface area contributed by atoms with Crippen molar-refractivity contribution in [1.82, 2.24) is 0 Å². The molecule has 0 heterocycles. The number of nitrogens with two attached hydrogens (primary N) is 2. The van der Waals surface area contributed by atoms with Gasteiger partial charge in [-0.2, -0.15) is 0 Å². The third kappa shape index (κ3) is 5.56. The highest BCUT2D eigenvalue weighted by molar-refractivity contribution is 4.74. The lowest BCUT2D eigenvalue weighted by Gasteiger charge is -2.18. The quantitative estimate of drug-likeness (QED) is 0.577. The summed E-state index contributed by atoms with van der Waals surface area (Å²) in [5.41, 5.74) is 11.8. The number of hydrogen-bond donors (Lipinski definition) is 2. The van der Waals surface area contributed by atoms with E-state index in [4.69, 9.17) is 11.5 Å². The van der Waals surface area contributed by atoms with Crippen molar-refractivity contribution in [2.75, 3.05) is 0 Å². The van der Waals surface area contributed by atoms with E-state index in [9.17, 15) is 0 Å². The van der Waals surface area contributed by atoms with Crippen LogP contribution in [0, 0.1) is 0 Å². The van der Waals surface area contributed by atoms with Crippen LogP contribution in [0.2, 0.25) is 0 Å². The molecular weight excluding hydrogens is 148 g/mol. The van der Waals surface area contributed by atoms with E-state index in [2.05, 4.69) is 13.8 Å². The second-order valence-corrected chi connectivity index (χ2v) is 3.61. The zero-order valence-electron chi connectivity index (χ0n) is 8.55. The van der Waals surface area contributed by atoms with Crippen LogP contribution in [0.15, 0.2) is 0 Å². The van der Waals surface area contributed by atoms with Crippen molar-refractivity contribution in [1.29, 1.82) is 0 Å². The van der Waals surface area contributed by atoms with Crippen molar-refractivity contribution in [3.05, 3.63) is 0 Å². The van der Waals surface area contributed by atoms with Crippen LogP contribution in [-0.2, 0) is 0 Å². The van der Waals surface area contributed by atoms with E-state index in [1.54, 1.807) is 0 Å². The van der Waals surface area contributed by atoms with E-state index >= 15 is 0 Å². The van der Waals surface area contributed by atoms with Gasteiger partial charge in [0.25, 0.3) is 0 Å². The minimum atomic E-state index is 0.215. The molecule has 4 N–H and O–H groups in total. The third-order valence-corrected chi connectivity index (χ3v) is 2.31. The van der Waals surface area contributed by atoms with E-state index in [0.717, 1.165) is 19.3 Å². The summed E-state index contributed by atoms with van der Waals surface area (Å²) in [5, 5.41) is 0. The zero-order valence-corrected chi connectivity index (χ0v) is 8.55. The molecule has 0 saturated carbocycles. The van der Waals surface area contributed by atoms with Gasteiger partial charge in [0, 0.05) is 12.1 Å². The lowest BCUT2D eigenvalue weighted by molar-refractivity contribution is 0.448. The predicted molar refractivity (Wildman–Crippen MR) is 55.0 cm³/mol. The lowest BCUT2D eigenvalue weighted by atomic mass is 9.99. The van der Waals surface area contributed by atoms with Gasteiger partial charge >= 0.3 is 0 Å². The summed E-state index contributed by atoms with van der Waals surface area (Å²) < 4.78 is 0. The van der Waals surface area contributed by atoms with E-state index in [1.807, 2.05) is 0 Å². The minimum absolute atomic E-state index is 0.215. The van der Waals surface area contributed by atoms with Crippen LogP contribution in [0.25, 0.3) is 0 Å². The van der Waals surface area contributed by atoms with Crippen molar-refractivity contribution < 1.29 is 0 Å². The largest absolute Gasteiger partial charge is 0.326 e. The van der Waals surface area contributed by atoms with Crippen LogP contribution < -0.4 is 11.5 Å². The van der Waals surface area contributed by atoms with Crippen LogP contribution in [0.3, 0.4) is 0 Å². The molecule has 0 spiro atoms. The molecule has 0 radical (unpaired) electrons. The first-order valence-electron chi connectivity index (χ1n) is 5.23. The molecule has 0 bridgehead atoms. The maximum atomic E-state index is 5.92. The van der Waals surface area contributed by atoms with E-state index in [0.29, 0.717) is 0 Å². The minimum Gasteiger partial charge on any atom is -0.326 e. The van der Waals surface area contributed by atoms with Gasteiger partial charge in [0.15, 0.2) is 0 Å². The predicted octanol–water partition coefficient (Wildman–Crippen LogP) is 2.02. The number of rotatable bonds is 7. The highest BCUT2D eigenvalue weighted by Crippen LogP contribution is 2.06. The van der Waals surface area contributed by atoms with Crippen LogP contribution in [0.5, 0.6) is 0 Å². The van der Waals surface area contributed by atoms with Gasteiger partial charge in [0.1, 0.15) is 0 Å². The smallest absolute Gasteiger partial charge is 0.0192 e. The Morgan fingerprint density at radius 3 is 1.92 bits per heavy atom. The van der Waals surface area contributed by atoms with Gasteiger partial charge in [0.2, 0.25) is 0 Å². The Kier molecular flexibility index (Phi) is 7.51. The fourth-order valence-corrected chi connectivity index (χ4v) is 1.39.